The lowest BCUT2D eigenvalue weighted by molar-refractivity contribution is 0.310. The molecule has 0 aliphatic carbocycles. The largest absolute Gasteiger partial charge is 0.396 e. The van der Waals surface area contributed by atoms with Crippen molar-refractivity contribution in [3.63, 3.8) is 0 Å². The van der Waals surface area contributed by atoms with Crippen molar-refractivity contribution in [1.29, 1.82) is 0 Å². The molecule has 0 atom stereocenters. The number of rotatable bonds is 6. The van der Waals surface area contributed by atoms with Crippen molar-refractivity contribution in [2.45, 2.75) is 0 Å². The van der Waals surface area contributed by atoms with E-state index in [9.17, 15) is 0 Å². The Kier molecular flexibility index (Phi) is 13.6. The van der Waals surface area contributed by atoms with Gasteiger partial charge in [-0.1, -0.05) is 7.92 Å². The first-order valence-corrected chi connectivity index (χ1v) is 5.29. The van der Waals surface area contributed by atoms with E-state index in [1.807, 2.05) is 0 Å². The smallest absolute Gasteiger partial charge is 0.0470 e. The zero-order chi connectivity index (χ0) is 7.82. The summed E-state index contributed by atoms with van der Waals surface area (Å²) >= 11 is 0. The second-order valence-electron chi connectivity index (χ2n) is 2.01. The van der Waals surface area contributed by atoms with Crippen molar-refractivity contribution in [3.8, 4) is 0 Å². The van der Waals surface area contributed by atoms with E-state index in [-0.39, 0.29) is 40.1 Å². The van der Waals surface area contributed by atoms with Gasteiger partial charge in [0.2, 0.25) is 0 Å². The minimum atomic E-state index is -0.311. The van der Waals surface area contributed by atoms with Gasteiger partial charge in [-0.25, -0.2) is 0 Å². The van der Waals surface area contributed by atoms with Gasteiger partial charge in [0.25, 0.3) is 0 Å². The highest BCUT2D eigenvalue weighted by Gasteiger charge is 2.04. The maximum atomic E-state index is 8.54. The van der Waals surface area contributed by atoms with Gasteiger partial charge < -0.3 is 15.3 Å². The molecule has 0 saturated carbocycles. The summed E-state index contributed by atoms with van der Waals surface area (Å²) in [5.74, 6) is 0. The Morgan fingerprint density at radius 2 is 1.00 bits per heavy atom. The number of hydrogen-bond acceptors (Lipinski definition) is 3. The molecule has 0 bridgehead atoms. The summed E-state index contributed by atoms with van der Waals surface area (Å²) < 4.78 is 0. The SMILES string of the molecule is Cl.OCCP(CCO)CCO. The second kappa shape index (κ2) is 10.6. The molecule has 0 fully saturated rings. The lowest BCUT2D eigenvalue weighted by atomic mass is 10.8. The number of halogens is 1. The normalized spacial score (nSPS) is 9.82. The Morgan fingerprint density at radius 1 is 0.727 bits per heavy atom. The average Bonchev–Trinajstić information content (AvgIpc) is 1.90. The van der Waals surface area contributed by atoms with Crippen molar-refractivity contribution in [3.05, 3.63) is 0 Å². The van der Waals surface area contributed by atoms with Gasteiger partial charge in [0, 0.05) is 19.8 Å². The highest BCUT2D eigenvalue weighted by atomic mass is 35.5. The fourth-order valence-corrected chi connectivity index (χ4v) is 2.28. The molecule has 3 N–H and O–H groups in total. The summed E-state index contributed by atoms with van der Waals surface area (Å²) in [4.78, 5) is 0. The van der Waals surface area contributed by atoms with Gasteiger partial charge in [-0.05, 0) is 18.5 Å². The average molecular weight is 203 g/mol. The topological polar surface area (TPSA) is 60.7 Å². The number of aliphatic hydroxyl groups excluding tert-OH is 3. The van der Waals surface area contributed by atoms with Crippen LogP contribution in [0.25, 0.3) is 0 Å². The van der Waals surface area contributed by atoms with Gasteiger partial charge in [-0.15, -0.1) is 12.4 Å². The van der Waals surface area contributed by atoms with Crippen LogP contribution in [0.3, 0.4) is 0 Å². The molecule has 0 heterocycles. The van der Waals surface area contributed by atoms with Crippen LogP contribution in [0.4, 0.5) is 0 Å². The quantitative estimate of drug-likeness (QED) is 0.526. The van der Waals surface area contributed by atoms with Crippen LogP contribution in [0, 0.1) is 0 Å². The van der Waals surface area contributed by atoms with E-state index in [0.717, 1.165) is 18.5 Å². The van der Waals surface area contributed by atoms with Crippen LogP contribution in [0.2, 0.25) is 0 Å². The van der Waals surface area contributed by atoms with E-state index in [2.05, 4.69) is 0 Å². The summed E-state index contributed by atoms with van der Waals surface area (Å²) in [5, 5.41) is 25.6. The first-order valence-electron chi connectivity index (χ1n) is 3.40. The molecule has 0 radical (unpaired) electrons. The summed E-state index contributed by atoms with van der Waals surface area (Å²) in [5.41, 5.74) is 0. The van der Waals surface area contributed by atoms with Crippen molar-refractivity contribution >= 4 is 20.3 Å². The molecule has 0 rings (SSSR count). The molecule has 0 aliphatic rings. The maximum absolute atomic E-state index is 8.54. The van der Waals surface area contributed by atoms with Crippen molar-refractivity contribution in [2.75, 3.05) is 38.3 Å². The molecule has 0 aromatic carbocycles. The van der Waals surface area contributed by atoms with Crippen LogP contribution < -0.4 is 0 Å². The van der Waals surface area contributed by atoms with Crippen LogP contribution in [-0.2, 0) is 0 Å². The van der Waals surface area contributed by atoms with Crippen molar-refractivity contribution in [1.82, 2.24) is 0 Å². The first kappa shape index (κ1) is 14.1. The maximum Gasteiger partial charge on any atom is 0.0470 e. The molecule has 0 aliphatic heterocycles. The van der Waals surface area contributed by atoms with E-state index in [4.69, 9.17) is 15.3 Å². The highest BCUT2D eigenvalue weighted by Crippen LogP contribution is 2.32. The molecule has 5 heteroatoms. The summed E-state index contributed by atoms with van der Waals surface area (Å²) in [6.07, 6.45) is 2.24. The fraction of sp³-hybridized carbons (Fsp3) is 1.00. The molecule has 0 aromatic rings. The fourth-order valence-electron chi connectivity index (χ4n) is 0.760. The second-order valence-corrected chi connectivity index (χ2v) is 4.70. The van der Waals surface area contributed by atoms with E-state index in [1.54, 1.807) is 0 Å². The predicted octanol–water partition coefficient (Wildman–Crippen LogP) is -0.133. The summed E-state index contributed by atoms with van der Waals surface area (Å²) in [7, 11) is -0.311. The molecule has 0 spiro atoms. The Bertz CT molecular complexity index is 60.6. The van der Waals surface area contributed by atoms with Gasteiger partial charge in [0.1, 0.15) is 0 Å². The molecule has 3 nitrogen and oxygen atoms in total. The minimum absolute atomic E-state index is 0. The third-order valence-corrected chi connectivity index (χ3v) is 3.75. The Balaban J connectivity index is 0. The zero-order valence-electron chi connectivity index (χ0n) is 6.44. The molecule has 0 aromatic heterocycles. The van der Waals surface area contributed by atoms with Crippen molar-refractivity contribution in [2.24, 2.45) is 0 Å². The Hall–Kier alpha value is 0.600. The third-order valence-electron chi connectivity index (χ3n) is 1.25. The molecule has 0 unspecified atom stereocenters. The van der Waals surface area contributed by atoms with Crippen LogP contribution in [0.5, 0.6) is 0 Å². The molecular weight excluding hydrogens is 186 g/mol. The van der Waals surface area contributed by atoms with E-state index in [1.165, 1.54) is 0 Å². The lowest BCUT2D eigenvalue weighted by Gasteiger charge is -2.12. The van der Waals surface area contributed by atoms with Crippen LogP contribution in [0.1, 0.15) is 0 Å². The molecule has 0 amide bonds. The van der Waals surface area contributed by atoms with Gasteiger partial charge in [0.15, 0.2) is 0 Å². The lowest BCUT2D eigenvalue weighted by Crippen LogP contribution is -2.03. The van der Waals surface area contributed by atoms with E-state index < -0.39 is 0 Å². The first-order chi connectivity index (χ1) is 4.85. The van der Waals surface area contributed by atoms with Crippen LogP contribution >= 0.6 is 20.3 Å². The van der Waals surface area contributed by atoms with Gasteiger partial charge in [0.05, 0.1) is 0 Å². The molecule has 70 valence electrons. The number of aliphatic hydroxyl groups is 3. The molecule has 0 saturated heterocycles. The Labute approximate surface area is 74.6 Å². The highest BCUT2D eigenvalue weighted by molar-refractivity contribution is 7.57. The van der Waals surface area contributed by atoms with Crippen LogP contribution in [0.15, 0.2) is 0 Å². The summed E-state index contributed by atoms with van der Waals surface area (Å²) in [6, 6.07) is 0. The molecular formula is C6H16ClO3P. The molecule has 11 heavy (non-hydrogen) atoms. The van der Waals surface area contributed by atoms with Gasteiger partial charge in [-0.3, -0.25) is 0 Å². The standard InChI is InChI=1S/C6H15O3P.ClH/c7-1-4-10(5-2-8)6-3-9;/h7-9H,1-6H2;1H. The van der Waals surface area contributed by atoms with Gasteiger partial charge in [-0.2, -0.15) is 0 Å². The minimum Gasteiger partial charge on any atom is -0.396 e. The summed E-state index contributed by atoms with van der Waals surface area (Å²) in [6.45, 7) is 0.517. The van der Waals surface area contributed by atoms with E-state index in [0.29, 0.717) is 0 Å². The number of hydrogen-bond donors (Lipinski definition) is 3. The predicted molar refractivity (Wildman–Crippen MR) is 50.0 cm³/mol. The van der Waals surface area contributed by atoms with Crippen LogP contribution in [-0.4, -0.2) is 53.6 Å². The Morgan fingerprint density at radius 3 is 1.18 bits per heavy atom. The monoisotopic (exact) mass is 202 g/mol. The van der Waals surface area contributed by atoms with Crippen molar-refractivity contribution < 1.29 is 15.3 Å². The van der Waals surface area contributed by atoms with Gasteiger partial charge >= 0.3 is 0 Å². The third kappa shape index (κ3) is 8.51. The van der Waals surface area contributed by atoms with E-state index >= 15 is 0 Å². The zero-order valence-corrected chi connectivity index (χ0v) is 8.15.